The molecule has 1 saturated heterocycles. The quantitative estimate of drug-likeness (QED) is 0.734. The summed E-state index contributed by atoms with van der Waals surface area (Å²) in [5, 5.41) is 2.95. The van der Waals surface area contributed by atoms with Gasteiger partial charge in [0.25, 0.3) is 5.91 Å². The number of hydrogen-bond acceptors (Lipinski definition) is 3. The van der Waals surface area contributed by atoms with Crippen molar-refractivity contribution in [2.24, 2.45) is 23.2 Å². The van der Waals surface area contributed by atoms with Gasteiger partial charge < -0.3 is 10.2 Å². The SMILES string of the molecule is CN(C(=O)CN1C(=O)NC2(CCC(C(C)(C)C)CC2)C1=O)C(C1CC1)C1CC1. The maximum absolute atomic E-state index is 13.1. The zero-order valence-electron chi connectivity index (χ0n) is 17.8. The molecule has 1 heterocycles. The van der Waals surface area contributed by atoms with Crippen molar-refractivity contribution in [1.29, 1.82) is 0 Å². The van der Waals surface area contributed by atoms with Crippen LogP contribution in [0.3, 0.4) is 0 Å². The second-order valence-corrected chi connectivity index (χ2v) is 10.7. The first kappa shape index (κ1) is 19.7. The van der Waals surface area contributed by atoms with E-state index >= 15 is 0 Å². The molecule has 0 unspecified atom stereocenters. The Morgan fingerprint density at radius 1 is 1.11 bits per heavy atom. The zero-order valence-corrected chi connectivity index (χ0v) is 17.8. The minimum absolute atomic E-state index is 0.104. The second kappa shape index (κ2) is 6.74. The summed E-state index contributed by atoms with van der Waals surface area (Å²) in [5.41, 5.74) is -0.573. The van der Waals surface area contributed by atoms with Gasteiger partial charge in [-0.05, 0) is 74.5 Å². The van der Waals surface area contributed by atoms with Crippen LogP contribution in [-0.4, -0.2) is 52.8 Å². The number of hydrogen-bond donors (Lipinski definition) is 1. The van der Waals surface area contributed by atoms with Gasteiger partial charge in [-0.2, -0.15) is 0 Å². The van der Waals surface area contributed by atoms with Crippen LogP contribution < -0.4 is 5.32 Å². The molecule has 28 heavy (non-hydrogen) atoms. The Morgan fingerprint density at radius 2 is 1.64 bits per heavy atom. The molecule has 156 valence electrons. The third kappa shape index (κ3) is 3.55. The third-order valence-electron chi connectivity index (χ3n) is 7.65. The minimum Gasteiger partial charge on any atom is -0.341 e. The maximum Gasteiger partial charge on any atom is 0.325 e. The Labute approximate surface area is 168 Å². The first-order valence-electron chi connectivity index (χ1n) is 11.0. The van der Waals surface area contributed by atoms with Crippen molar-refractivity contribution >= 4 is 17.8 Å². The average molecular weight is 390 g/mol. The molecule has 0 bridgehead atoms. The van der Waals surface area contributed by atoms with E-state index in [9.17, 15) is 14.4 Å². The number of rotatable bonds is 5. The van der Waals surface area contributed by atoms with Crippen LogP contribution in [0.15, 0.2) is 0 Å². The molecular formula is C22H35N3O3. The summed E-state index contributed by atoms with van der Waals surface area (Å²) >= 11 is 0. The van der Waals surface area contributed by atoms with E-state index in [-0.39, 0.29) is 23.8 Å². The highest BCUT2D eigenvalue weighted by molar-refractivity contribution is 6.09. The molecule has 6 heteroatoms. The van der Waals surface area contributed by atoms with E-state index in [1.807, 2.05) is 11.9 Å². The van der Waals surface area contributed by atoms with E-state index in [0.717, 1.165) is 12.8 Å². The number of amides is 4. The molecule has 4 amide bonds. The van der Waals surface area contributed by atoms with Crippen LogP contribution in [0.2, 0.25) is 0 Å². The van der Waals surface area contributed by atoms with Crippen LogP contribution in [0.5, 0.6) is 0 Å². The highest BCUT2D eigenvalue weighted by atomic mass is 16.2. The molecule has 3 aliphatic carbocycles. The molecule has 4 rings (SSSR count). The third-order valence-corrected chi connectivity index (χ3v) is 7.65. The fraction of sp³-hybridized carbons (Fsp3) is 0.864. The van der Waals surface area contributed by atoms with E-state index in [1.54, 1.807) is 0 Å². The summed E-state index contributed by atoms with van der Waals surface area (Å²) in [7, 11) is 1.85. The van der Waals surface area contributed by atoms with Crippen LogP contribution in [0, 0.1) is 23.2 Å². The summed E-state index contributed by atoms with van der Waals surface area (Å²) in [6.07, 6.45) is 7.99. The molecule has 6 nitrogen and oxygen atoms in total. The van der Waals surface area contributed by atoms with Gasteiger partial charge in [0, 0.05) is 13.1 Å². The van der Waals surface area contributed by atoms with Crippen LogP contribution in [-0.2, 0) is 9.59 Å². The monoisotopic (exact) mass is 389 g/mol. The van der Waals surface area contributed by atoms with Crippen LogP contribution >= 0.6 is 0 Å². The van der Waals surface area contributed by atoms with E-state index < -0.39 is 11.6 Å². The average Bonchev–Trinajstić information content (AvgIpc) is 3.53. The molecule has 3 saturated carbocycles. The number of carbonyl (C=O) groups excluding carboxylic acids is 3. The van der Waals surface area contributed by atoms with E-state index in [4.69, 9.17) is 0 Å². The molecule has 0 aromatic rings. The van der Waals surface area contributed by atoms with Crippen molar-refractivity contribution in [1.82, 2.24) is 15.1 Å². The molecule has 1 aliphatic heterocycles. The number of nitrogens with one attached hydrogen (secondary N) is 1. The van der Waals surface area contributed by atoms with Crippen LogP contribution in [0.25, 0.3) is 0 Å². The van der Waals surface area contributed by atoms with Gasteiger partial charge in [0.15, 0.2) is 0 Å². The Kier molecular flexibility index (Phi) is 4.74. The molecule has 1 N–H and O–H groups in total. The maximum atomic E-state index is 13.1. The Bertz CT molecular complexity index is 655. The van der Waals surface area contributed by atoms with Crippen molar-refractivity contribution in [3.63, 3.8) is 0 Å². The van der Waals surface area contributed by atoms with Gasteiger partial charge in [-0.25, -0.2) is 4.79 Å². The Hall–Kier alpha value is -1.59. The van der Waals surface area contributed by atoms with Crippen molar-refractivity contribution in [2.75, 3.05) is 13.6 Å². The summed E-state index contributed by atoms with van der Waals surface area (Å²) in [6, 6.07) is -0.0974. The van der Waals surface area contributed by atoms with E-state index in [1.165, 1.54) is 30.6 Å². The summed E-state index contributed by atoms with van der Waals surface area (Å²) in [4.78, 5) is 41.6. The first-order chi connectivity index (χ1) is 13.1. The van der Waals surface area contributed by atoms with Crippen molar-refractivity contribution in [3.8, 4) is 0 Å². The number of likely N-dealkylation sites (N-methyl/N-ethyl adjacent to an activating group) is 1. The van der Waals surface area contributed by atoms with Gasteiger partial charge in [-0.1, -0.05) is 20.8 Å². The molecule has 0 radical (unpaired) electrons. The van der Waals surface area contributed by atoms with E-state index in [2.05, 4.69) is 26.1 Å². The lowest BCUT2D eigenvalue weighted by Gasteiger charge is -2.40. The van der Waals surface area contributed by atoms with Gasteiger partial charge >= 0.3 is 6.03 Å². The second-order valence-electron chi connectivity index (χ2n) is 10.7. The predicted octanol–water partition coefficient (Wildman–Crippen LogP) is 3.16. The van der Waals surface area contributed by atoms with Crippen molar-refractivity contribution in [3.05, 3.63) is 0 Å². The Balaban J connectivity index is 1.40. The minimum atomic E-state index is -0.788. The van der Waals surface area contributed by atoms with Gasteiger partial charge in [0.05, 0.1) is 0 Å². The van der Waals surface area contributed by atoms with Crippen molar-refractivity contribution in [2.45, 2.75) is 83.7 Å². The molecule has 4 fully saturated rings. The lowest BCUT2D eigenvalue weighted by molar-refractivity contribution is -0.140. The molecular weight excluding hydrogens is 354 g/mol. The molecule has 0 aromatic carbocycles. The number of imide groups is 1. The number of urea groups is 1. The predicted molar refractivity (Wildman–Crippen MR) is 106 cm³/mol. The Morgan fingerprint density at radius 3 is 2.11 bits per heavy atom. The van der Waals surface area contributed by atoms with Gasteiger partial charge in [0.1, 0.15) is 12.1 Å². The fourth-order valence-electron chi connectivity index (χ4n) is 5.44. The highest BCUT2D eigenvalue weighted by Crippen LogP contribution is 2.47. The standard InChI is InChI=1S/C22H35N3O3/c1-21(2,3)16-9-11-22(12-10-16)19(27)25(20(28)23-22)13-17(26)24(4)18(14-5-6-14)15-7-8-15/h14-16,18H,5-13H2,1-4H3,(H,23,28). The topological polar surface area (TPSA) is 69.7 Å². The lowest BCUT2D eigenvalue weighted by atomic mass is 9.67. The number of nitrogens with zero attached hydrogens (tertiary/aromatic N) is 2. The van der Waals surface area contributed by atoms with Crippen LogP contribution in [0.1, 0.15) is 72.1 Å². The smallest absolute Gasteiger partial charge is 0.325 e. The fourth-order valence-corrected chi connectivity index (χ4v) is 5.44. The van der Waals surface area contributed by atoms with Gasteiger partial charge in [-0.3, -0.25) is 14.5 Å². The number of carbonyl (C=O) groups is 3. The largest absolute Gasteiger partial charge is 0.341 e. The first-order valence-corrected chi connectivity index (χ1v) is 11.0. The summed E-state index contributed by atoms with van der Waals surface area (Å²) in [6.45, 7) is 6.59. The van der Waals surface area contributed by atoms with E-state index in [0.29, 0.717) is 36.6 Å². The molecule has 1 spiro atoms. The van der Waals surface area contributed by atoms with Gasteiger partial charge in [-0.15, -0.1) is 0 Å². The van der Waals surface area contributed by atoms with Crippen molar-refractivity contribution < 1.29 is 14.4 Å². The zero-order chi connectivity index (χ0) is 20.3. The molecule has 4 aliphatic rings. The normalized spacial score (nSPS) is 30.9. The lowest BCUT2D eigenvalue weighted by Crippen LogP contribution is -2.51. The molecule has 0 atom stereocenters. The summed E-state index contributed by atoms with van der Waals surface area (Å²) < 4.78 is 0. The summed E-state index contributed by atoms with van der Waals surface area (Å²) in [5.74, 6) is 1.49. The van der Waals surface area contributed by atoms with Crippen LogP contribution in [0.4, 0.5) is 4.79 Å². The molecule has 0 aromatic heterocycles. The highest BCUT2D eigenvalue weighted by Gasteiger charge is 2.54. The van der Waals surface area contributed by atoms with Gasteiger partial charge in [0.2, 0.25) is 5.91 Å².